The molecule has 6 heteroatoms. The van der Waals surface area contributed by atoms with Gasteiger partial charge in [0.25, 0.3) is 0 Å². The Morgan fingerprint density at radius 2 is 2.14 bits per heavy atom. The Kier molecular flexibility index (Phi) is 5.82. The third kappa shape index (κ3) is 4.46. The molecule has 1 aromatic carbocycles. The molecule has 0 atom stereocenters. The molecule has 0 spiro atoms. The van der Waals surface area contributed by atoms with Gasteiger partial charge in [0.1, 0.15) is 0 Å². The molecule has 3 rings (SSSR count). The summed E-state index contributed by atoms with van der Waals surface area (Å²) in [5.74, 6) is 0.634. The highest BCUT2D eigenvalue weighted by Gasteiger charge is 2.27. The number of aliphatic imine (C=N–C) groups is 1. The van der Waals surface area contributed by atoms with Crippen molar-refractivity contribution in [3.8, 4) is 0 Å². The number of aromatic nitrogens is 2. The van der Waals surface area contributed by atoms with Crippen LogP contribution in [0.3, 0.4) is 0 Å². The third-order valence-corrected chi connectivity index (χ3v) is 3.77. The fraction of sp³-hybridized carbons (Fsp3) is 0.375. The smallest absolute Gasteiger partial charge is 0.191 e. The van der Waals surface area contributed by atoms with Crippen LogP contribution >= 0.6 is 24.0 Å². The van der Waals surface area contributed by atoms with E-state index in [1.165, 1.54) is 24.0 Å². The lowest BCUT2D eigenvalue weighted by molar-refractivity contribution is 0.487. The zero-order chi connectivity index (χ0) is 14.7. The number of nitrogens with two attached hydrogens (primary N) is 1. The maximum atomic E-state index is 6.02. The van der Waals surface area contributed by atoms with E-state index in [0.29, 0.717) is 18.5 Å². The molecule has 118 valence electrons. The molecule has 1 heterocycles. The molecule has 1 fully saturated rings. The standard InChI is InChI=1S/C16H21N5.HI/c1-20(15-6-7-15)16(17)18-11-13-4-2-5-14(10-13)12-21-9-3-8-19-21;/h2-5,8-10,15H,6-7,11-12H2,1H3,(H2,17,18);1H. The normalized spacial score (nSPS) is 14.5. The van der Waals surface area contributed by atoms with Gasteiger partial charge in [0.2, 0.25) is 0 Å². The van der Waals surface area contributed by atoms with Gasteiger partial charge < -0.3 is 10.6 Å². The number of rotatable bonds is 5. The highest BCUT2D eigenvalue weighted by atomic mass is 127. The third-order valence-electron chi connectivity index (χ3n) is 3.77. The van der Waals surface area contributed by atoms with Gasteiger partial charge in [-0.25, -0.2) is 4.99 Å². The van der Waals surface area contributed by atoms with Crippen LogP contribution in [0.25, 0.3) is 0 Å². The van der Waals surface area contributed by atoms with Crippen LogP contribution in [0.1, 0.15) is 24.0 Å². The van der Waals surface area contributed by atoms with Crippen molar-refractivity contribution in [2.24, 2.45) is 10.7 Å². The minimum absolute atomic E-state index is 0. The second-order valence-electron chi connectivity index (χ2n) is 5.54. The Bertz CT molecular complexity index is 619. The Labute approximate surface area is 148 Å². The van der Waals surface area contributed by atoms with Crippen molar-refractivity contribution in [3.05, 3.63) is 53.9 Å². The number of benzene rings is 1. The molecule has 0 unspecified atom stereocenters. The number of hydrogen-bond acceptors (Lipinski definition) is 2. The molecule has 22 heavy (non-hydrogen) atoms. The summed E-state index contributed by atoms with van der Waals surface area (Å²) in [6, 6.07) is 10.9. The number of guanidine groups is 1. The minimum atomic E-state index is 0. The van der Waals surface area contributed by atoms with Crippen molar-refractivity contribution in [2.75, 3.05) is 7.05 Å². The zero-order valence-electron chi connectivity index (χ0n) is 12.7. The van der Waals surface area contributed by atoms with Crippen LogP contribution in [0.15, 0.2) is 47.7 Å². The molecular formula is C16H22IN5. The average Bonchev–Trinajstić information content (AvgIpc) is 3.23. The summed E-state index contributed by atoms with van der Waals surface area (Å²) in [5.41, 5.74) is 8.41. The van der Waals surface area contributed by atoms with E-state index in [4.69, 9.17) is 5.73 Å². The monoisotopic (exact) mass is 411 g/mol. The molecule has 1 aromatic heterocycles. The molecule has 0 saturated heterocycles. The summed E-state index contributed by atoms with van der Waals surface area (Å²) in [4.78, 5) is 6.57. The maximum absolute atomic E-state index is 6.02. The first-order chi connectivity index (χ1) is 10.2. The summed E-state index contributed by atoms with van der Waals surface area (Å²) >= 11 is 0. The van der Waals surface area contributed by atoms with Gasteiger partial charge in [0.05, 0.1) is 13.1 Å². The topological polar surface area (TPSA) is 59.4 Å². The van der Waals surface area contributed by atoms with Crippen molar-refractivity contribution in [1.82, 2.24) is 14.7 Å². The van der Waals surface area contributed by atoms with Crippen LogP contribution in [0.5, 0.6) is 0 Å². The number of halogens is 1. The largest absolute Gasteiger partial charge is 0.370 e. The van der Waals surface area contributed by atoms with Gasteiger partial charge >= 0.3 is 0 Å². The van der Waals surface area contributed by atoms with E-state index < -0.39 is 0 Å². The van der Waals surface area contributed by atoms with Crippen molar-refractivity contribution < 1.29 is 0 Å². The lowest BCUT2D eigenvalue weighted by Gasteiger charge is -2.16. The summed E-state index contributed by atoms with van der Waals surface area (Å²) < 4.78 is 1.91. The van der Waals surface area contributed by atoms with Crippen molar-refractivity contribution in [1.29, 1.82) is 0 Å². The van der Waals surface area contributed by atoms with Crippen LogP contribution in [0, 0.1) is 0 Å². The fourth-order valence-corrected chi connectivity index (χ4v) is 2.34. The van der Waals surface area contributed by atoms with Gasteiger partial charge in [-0.3, -0.25) is 4.68 Å². The van der Waals surface area contributed by atoms with Gasteiger partial charge in [-0.1, -0.05) is 24.3 Å². The molecule has 1 aliphatic carbocycles. The van der Waals surface area contributed by atoms with Crippen LogP contribution < -0.4 is 5.73 Å². The Morgan fingerprint density at radius 1 is 1.36 bits per heavy atom. The maximum Gasteiger partial charge on any atom is 0.191 e. The van der Waals surface area contributed by atoms with Crippen molar-refractivity contribution in [2.45, 2.75) is 32.0 Å². The van der Waals surface area contributed by atoms with Crippen LogP contribution in [0.4, 0.5) is 0 Å². The second-order valence-corrected chi connectivity index (χ2v) is 5.54. The minimum Gasteiger partial charge on any atom is -0.370 e. The highest BCUT2D eigenvalue weighted by Crippen LogP contribution is 2.24. The molecule has 2 N–H and O–H groups in total. The molecule has 2 aromatic rings. The fourth-order valence-electron chi connectivity index (χ4n) is 2.34. The van der Waals surface area contributed by atoms with Crippen molar-refractivity contribution >= 4 is 29.9 Å². The molecule has 5 nitrogen and oxygen atoms in total. The van der Waals surface area contributed by atoms with Crippen LogP contribution in [-0.2, 0) is 13.1 Å². The van der Waals surface area contributed by atoms with Gasteiger partial charge in [0.15, 0.2) is 5.96 Å². The van der Waals surface area contributed by atoms with Gasteiger partial charge in [-0.15, -0.1) is 24.0 Å². The van der Waals surface area contributed by atoms with E-state index in [0.717, 1.165) is 6.54 Å². The molecule has 0 aliphatic heterocycles. The number of hydrogen-bond donors (Lipinski definition) is 1. The number of nitrogens with zero attached hydrogens (tertiary/aromatic N) is 4. The molecular weight excluding hydrogens is 389 g/mol. The van der Waals surface area contributed by atoms with Gasteiger partial charge in [0, 0.05) is 25.5 Å². The zero-order valence-corrected chi connectivity index (χ0v) is 15.1. The Balaban J connectivity index is 0.00000176. The lowest BCUT2D eigenvalue weighted by Crippen LogP contribution is -2.35. The Morgan fingerprint density at radius 3 is 2.82 bits per heavy atom. The first-order valence-electron chi connectivity index (χ1n) is 7.30. The summed E-state index contributed by atoms with van der Waals surface area (Å²) in [6.07, 6.45) is 6.22. The van der Waals surface area contributed by atoms with E-state index in [9.17, 15) is 0 Å². The van der Waals surface area contributed by atoms with E-state index >= 15 is 0 Å². The molecule has 0 bridgehead atoms. The van der Waals surface area contributed by atoms with E-state index in [1.54, 1.807) is 6.20 Å². The molecule has 1 aliphatic rings. The summed E-state index contributed by atoms with van der Waals surface area (Å²) in [5, 5.41) is 4.23. The van der Waals surface area contributed by atoms with Crippen molar-refractivity contribution in [3.63, 3.8) is 0 Å². The summed E-state index contributed by atoms with van der Waals surface area (Å²) in [7, 11) is 2.02. The SMILES string of the molecule is CN(C(N)=NCc1cccc(Cn2cccn2)c1)C1CC1.I. The van der Waals surface area contributed by atoms with E-state index in [1.807, 2.05) is 24.0 Å². The average molecular weight is 411 g/mol. The highest BCUT2D eigenvalue weighted by molar-refractivity contribution is 14.0. The molecule has 0 amide bonds. The van der Waals surface area contributed by atoms with Gasteiger partial charge in [-0.05, 0) is 30.0 Å². The van der Waals surface area contributed by atoms with E-state index in [2.05, 4.69) is 39.3 Å². The summed E-state index contributed by atoms with van der Waals surface area (Å²) in [6.45, 7) is 1.40. The predicted molar refractivity (Wildman–Crippen MR) is 99.3 cm³/mol. The molecule has 0 radical (unpaired) electrons. The Hall–Kier alpha value is -1.57. The lowest BCUT2D eigenvalue weighted by atomic mass is 10.1. The van der Waals surface area contributed by atoms with Crippen LogP contribution in [0.2, 0.25) is 0 Å². The van der Waals surface area contributed by atoms with E-state index in [-0.39, 0.29) is 24.0 Å². The first-order valence-corrected chi connectivity index (χ1v) is 7.30. The second kappa shape index (κ2) is 7.62. The van der Waals surface area contributed by atoms with Gasteiger partial charge in [-0.2, -0.15) is 5.10 Å². The first kappa shape index (κ1) is 16.8. The molecule has 1 saturated carbocycles. The predicted octanol–water partition coefficient (Wildman–Crippen LogP) is 2.46. The quantitative estimate of drug-likeness (QED) is 0.467. The van der Waals surface area contributed by atoms with Crippen LogP contribution in [-0.4, -0.2) is 33.7 Å².